The molecule has 0 aromatic rings. The Morgan fingerprint density at radius 3 is 3.00 bits per heavy atom. The van der Waals surface area contributed by atoms with Crippen LogP contribution in [0.25, 0.3) is 0 Å². The van der Waals surface area contributed by atoms with Gasteiger partial charge in [0.1, 0.15) is 6.42 Å². The van der Waals surface area contributed by atoms with Crippen molar-refractivity contribution >= 4 is 5.84 Å². The molecule has 0 radical (unpaired) electrons. The summed E-state index contributed by atoms with van der Waals surface area (Å²) in [6, 6.07) is 0. The topological polar surface area (TPSA) is 70.1 Å². The summed E-state index contributed by atoms with van der Waals surface area (Å²) >= 11 is 0. The number of nitrogens with one attached hydrogen (secondary N) is 1. The first-order valence-electron chi connectivity index (χ1n) is 4.04. The van der Waals surface area contributed by atoms with E-state index < -0.39 is 0 Å². The molecule has 1 unspecified atom stereocenters. The second-order valence-corrected chi connectivity index (χ2v) is 3.16. The maximum Gasteiger partial charge on any atom is 0.284 e. The zero-order valence-electron chi connectivity index (χ0n) is 6.64. The Labute approximate surface area is 67.1 Å². The fraction of sp³-hybridized carbons (Fsp3) is 0.750. The predicted octanol–water partition coefficient (Wildman–Crippen LogP) is 0.679. The van der Waals surface area contributed by atoms with E-state index in [0.29, 0.717) is 5.92 Å². The van der Waals surface area contributed by atoms with Gasteiger partial charge in [-0.3, -0.25) is 0 Å². The van der Waals surface area contributed by atoms with Crippen molar-refractivity contribution < 1.29 is 5.11 Å². The van der Waals surface area contributed by atoms with Crippen LogP contribution in [0.3, 0.4) is 0 Å². The first-order valence-corrected chi connectivity index (χ1v) is 4.04. The van der Waals surface area contributed by atoms with Gasteiger partial charge in [-0.25, -0.2) is 5.41 Å². The highest BCUT2D eigenvalue weighted by atomic mass is 16.3. The predicted molar refractivity (Wildman–Crippen MR) is 44.2 cm³/mol. The zero-order chi connectivity index (χ0) is 8.27. The molecule has 1 aliphatic rings. The fourth-order valence-electron chi connectivity index (χ4n) is 1.56. The van der Waals surface area contributed by atoms with E-state index in [1.54, 1.807) is 0 Å². The average Bonchev–Trinajstić information content (AvgIpc) is 2.05. The molecular weight excluding hydrogens is 140 g/mol. The van der Waals surface area contributed by atoms with Gasteiger partial charge in [-0.05, 0) is 12.8 Å². The Morgan fingerprint density at radius 1 is 1.73 bits per heavy atom. The molecule has 1 rings (SSSR count). The van der Waals surface area contributed by atoms with Crippen LogP contribution in [0.4, 0.5) is 0 Å². The lowest BCUT2D eigenvalue weighted by Crippen LogP contribution is -2.27. The monoisotopic (exact) mass is 155 g/mol. The largest absolute Gasteiger partial charge is 0.396 e. The van der Waals surface area contributed by atoms with E-state index in [2.05, 4.69) is 0 Å². The van der Waals surface area contributed by atoms with Crippen LogP contribution >= 0.6 is 0 Å². The van der Waals surface area contributed by atoms with Crippen LogP contribution in [-0.4, -0.2) is 17.5 Å². The highest BCUT2D eigenvalue weighted by Crippen LogP contribution is 2.29. The van der Waals surface area contributed by atoms with Gasteiger partial charge >= 0.3 is 0 Å². The van der Waals surface area contributed by atoms with E-state index in [4.69, 9.17) is 16.2 Å². The molecule has 1 saturated carbocycles. The lowest BCUT2D eigenvalue weighted by Gasteiger charge is -2.17. The molecule has 0 aromatic carbocycles. The van der Waals surface area contributed by atoms with E-state index in [1.165, 1.54) is 0 Å². The number of aliphatic hydroxyl groups excluding tert-OH is 1. The van der Waals surface area contributed by atoms with Gasteiger partial charge < -0.3 is 10.8 Å². The van der Waals surface area contributed by atoms with Crippen molar-refractivity contribution in [3.8, 4) is 0 Å². The molecule has 62 valence electrons. The van der Waals surface area contributed by atoms with Gasteiger partial charge in [-0.1, -0.05) is 0 Å². The Bertz CT molecular complexity index is 147. The first kappa shape index (κ1) is 8.40. The molecule has 0 saturated heterocycles. The summed E-state index contributed by atoms with van der Waals surface area (Å²) in [7, 11) is 0. The van der Waals surface area contributed by atoms with Crippen molar-refractivity contribution in [1.82, 2.24) is 0 Å². The fourth-order valence-corrected chi connectivity index (χ4v) is 1.56. The maximum absolute atomic E-state index is 8.87. The Morgan fingerprint density at radius 2 is 2.45 bits per heavy atom. The SMILES string of the molecule is N=C(N)[C+]1CCCC(CO)C1. The Kier molecular flexibility index (Phi) is 2.76. The molecule has 1 aliphatic carbocycles. The van der Waals surface area contributed by atoms with E-state index >= 15 is 0 Å². The van der Waals surface area contributed by atoms with E-state index in [9.17, 15) is 0 Å². The van der Waals surface area contributed by atoms with Crippen LogP contribution in [0.1, 0.15) is 25.7 Å². The molecule has 0 amide bonds. The van der Waals surface area contributed by atoms with Gasteiger partial charge in [-0.2, -0.15) is 0 Å². The summed E-state index contributed by atoms with van der Waals surface area (Å²) < 4.78 is 0. The molecule has 0 bridgehead atoms. The van der Waals surface area contributed by atoms with Crippen molar-refractivity contribution in [2.45, 2.75) is 25.7 Å². The molecule has 0 aliphatic heterocycles. The lowest BCUT2D eigenvalue weighted by molar-refractivity contribution is 0.201. The van der Waals surface area contributed by atoms with E-state index in [0.717, 1.165) is 31.6 Å². The standard InChI is InChI=1S/C8H15N2O/c9-8(10)7-3-1-2-6(4-7)5-11/h6,11H,1-5H2,(H3,9,10)/q+1. The molecule has 0 heterocycles. The Hall–Kier alpha value is -0.700. The third-order valence-corrected chi connectivity index (χ3v) is 2.27. The second-order valence-electron chi connectivity index (χ2n) is 3.16. The molecule has 3 heteroatoms. The normalized spacial score (nSPS) is 25.2. The third-order valence-electron chi connectivity index (χ3n) is 2.27. The van der Waals surface area contributed by atoms with Gasteiger partial charge in [0.2, 0.25) is 0 Å². The van der Waals surface area contributed by atoms with Crippen molar-refractivity contribution in [2.75, 3.05) is 6.61 Å². The van der Waals surface area contributed by atoms with E-state index in [-0.39, 0.29) is 12.4 Å². The van der Waals surface area contributed by atoms with E-state index in [1.807, 2.05) is 0 Å². The molecule has 11 heavy (non-hydrogen) atoms. The van der Waals surface area contributed by atoms with Crippen LogP contribution in [0, 0.1) is 17.2 Å². The number of hydrogen-bond donors (Lipinski definition) is 3. The molecule has 4 N–H and O–H groups in total. The summed E-state index contributed by atoms with van der Waals surface area (Å²) in [6.45, 7) is 0.233. The Balaban J connectivity index is 2.39. The summed E-state index contributed by atoms with van der Waals surface area (Å²) in [5.74, 6) is 1.58. The summed E-state index contributed by atoms with van der Waals surface area (Å²) in [6.07, 6.45) is 3.92. The maximum atomic E-state index is 8.87. The number of aliphatic hydroxyl groups is 1. The van der Waals surface area contributed by atoms with Crippen LogP contribution in [0.5, 0.6) is 0 Å². The number of nitrogens with two attached hydrogens (primary N) is 1. The number of rotatable bonds is 2. The smallest absolute Gasteiger partial charge is 0.284 e. The summed E-state index contributed by atoms with van der Waals surface area (Å²) in [5.41, 5.74) is 5.35. The molecule has 0 spiro atoms. The first-order chi connectivity index (χ1) is 5.24. The molecule has 3 nitrogen and oxygen atoms in total. The molecular formula is C8H15N2O+. The molecule has 1 atom stereocenters. The minimum absolute atomic E-state index is 0.211. The van der Waals surface area contributed by atoms with Crippen molar-refractivity contribution in [2.24, 2.45) is 11.7 Å². The molecule has 0 aromatic heterocycles. The number of amidine groups is 1. The third kappa shape index (κ3) is 2.12. The van der Waals surface area contributed by atoms with Gasteiger partial charge in [0, 0.05) is 12.5 Å². The average molecular weight is 155 g/mol. The highest BCUT2D eigenvalue weighted by Gasteiger charge is 2.33. The van der Waals surface area contributed by atoms with Crippen LogP contribution < -0.4 is 5.73 Å². The van der Waals surface area contributed by atoms with Crippen LogP contribution in [0.15, 0.2) is 0 Å². The van der Waals surface area contributed by atoms with Crippen LogP contribution in [-0.2, 0) is 0 Å². The summed E-state index contributed by atoms with van der Waals surface area (Å²) in [4.78, 5) is 0. The van der Waals surface area contributed by atoms with Crippen LogP contribution in [0.2, 0.25) is 0 Å². The van der Waals surface area contributed by atoms with Gasteiger partial charge in [0.25, 0.3) is 5.84 Å². The molecule has 1 fully saturated rings. The van der Waals surface area contributed by atoms with Gasteiger partial charge in [-0.15, -0.1) is 0 Å². The van der Waals surface area contributed by atoms with Crippen molar-refractivity contribution in [3.05, 3.63) is 5.92 Å². The minimum atomic E-state index is 0.211. The minimum Gasteiger partial charge on any atom is -0.396 e. The quantitative estimate of drug-likeness (QED) is 0.312. The second kappa shape index (κ2) is 3.62. The highest BCUT2D eigenvalue weighted by molar-refractivity contribution is 5.90. The van der Waals surface area contributed by atoms with Crippen molar-refractivity contribution in [3.63, 3.8) is 0 Å². The zero-order valence-corrected chi connectivity index (χ0v) is 6.64. The van der Waals surface area contributed by atoms with Gasteiger partial charge in [0.05, 0.1) is 6.42 Å². The number of hydrogen-bond acceptors (Lipinski definition) is 2. The van der Waals surface area contributed by atoms with Crippen molar-refractivity contribution in [1.29, 1.82) is 5.41 Å². The lowest BCUT2D eigenvalue weighted by atomic mass is 9.81. The summed E-state index contributed by atoms with van der Waals surface area (Å²) in [5, 5.41) is 16.1. The van der Waals surface area contributed by atoms with Gasteiger partial charge in [0.15, 0.2) is 5.92 Å².